The van der Waals surface area contributed by atoms with Gasteiger partial charge in [-0.3, -0.25) is 5.32 Å². The number of nitrogens with zero attached hydrogens (tertiary/aromatic N) is 1. The number of carbonyl (C=O) groups is 1. The van der Waals surface area contributed by atoms with E-state index in [0.717, 1.165) is 26.0 Å². The van der Waals surface area contributed by atoms with Crippen LogP contribution in [-0.4, -0.2) is 26.3 Å². The summed E-state index contributed by atoms with van der Waals surface area (Å²) in [4.78, 5) is 12.9. The van der Waals surface area contributed by atoms with Crippen LogP contribution in [0.15, 0.2) is 18.2 Å². The first kappa shape index (κ1) is 16.5. The fraction of sp³-hybridized carbons (Fsp3) is 0.533. The number of piperidine rings is 1. The van der Waals surface area contributed by atoms with E-state index in [1.54, 1.807) is 4.90 Å². The monoisotopic (exact) mass is 316 g/mol. The van der Waals surface area contributed by atoms with Gasteiger partial charge in [-0.1, -0.05) is 6.92 Å². The zero-order valence-electron chi connectivity index (χ0n) is 12.5. The molecule has 4 nitrogen and oxygen atoms in total. The number of hydrogen-bond donors (Lipinski definition) is 1. The van der Waals surface area contributed by atoms with Crippen LogP contribution in [0.25, 0.3) is 0 Å². The van der Waals surface area contributed by atoms with Gasteiger partial charge < -0.3 is 9.64 Å². The highest BCUT2D eigenvalue weighted by molar-refractivity contribution is 5.85. The van der Waals surface area contributed by atoms with Crippen LogP contribution in [0.4, 0.5) is 29.3 Å². The summed E-state index contributed by atoms with van der Waals surface area (Å²) in [5, 5.41) is 2.26. The van der Waals surface area contributed by atoms with E-state index in [-0.39, 0.29) is 11.4 Å². The third-order valence-electron chi connectivity index (χ3n) is 3.73. The zero-order valence-corrected chi connectivity index (χ0v) is 12.5. The van der Waals surface area contributed by atoms with Gasteiger partial charge in [0.25, 0.3) is 0 Å². The number of carbonyl (C=O) groups excluding carboxylic acids is 1. The summed E-state index contributed by atoms with van der Waals surface area (Å²) in [7, 11) is 1.16. The third-order valence-corrected chi connectivity index (χ3v) is 3.73. The van der Waals surface area contributed by atoms with Crippen LogP contribution in [0.3, 0.4) is 0 Å². The molecule has 0 aromatic heterocycles. The van der Waals surface area contributed by atoms with Crippen molar-refractivity contribution >= 4 is 17.5 Å². The molecule has 122 valence electrons. The molecule has 7 heteroatoms. The normalized spacial score (nSPS) is 19.0. The van der Waals surface area contributed by atoms with Crippen LogP contribution in [-0.2, 0) is 10.9 Å². The van der Waals surface area contributed by atoms with Crippen molar-refractivity contribution in [3.8, 4) is 0 Å². The maximum atomic E-state index is 13.3. The third kappa shape index (κ3) is 3.84. The summed E-state index contributed by atoms with van der Waals surface area (Å²) in [5.41, 5.74) is -0.516. The van der Waals surface area contributed by atoms with Gasteiger partial charge in [0.05, 0.1) is 12.7 Å². The fourth-order valence-electron chi connectivity index (χ4n) is 2.69. The van der Waals surface area contributed by atoms with Gasteiger partial charge in [0.15, 0.2) is 0 Å². The largest absolute Gasteiger partial charge is 0.453 e. The quantitative estimate of drug-likeness (QED) is 0.892. The van der Waals surface area contributed by atoms with Crippen LogP contribution >= 0.6 is 0 Å². The molecule has 0 saturated carbocycles. The fourth-order valence-corrected chi connectivity index (χ4v) is 2.69. The average molecular weight is 316 g/mol. The topological polar surface area (TPSA) is 41.6 Å². The van der Waals surface area contributed by atoms with Gasteiger partial charge in [-0.15, -0.1) is 0 Å². The molecule has 22 heavy (non-hydrogen) atoms. The first-order valence-electron chi connectivity index (χ1n) is 7.12. The number of ether oxygens (including phenoxy) is 1. The minimum Gasteiger partial charge on any atom is -0.453 e. The number of alkyl halides is 3. The lowest BCUT2D eigenvalue weighted by atomic mass is 9.98. The van der Waals surface area contributed by atoms with Crippen molar-refractivity contribution in [2.24, 2.45) is 5.92 Å². The van der Waals surface area contributed by atoms with Crippen molar-refractivity contribution in [3.05, 3.63) is 23.8 Å². The zero-order chi connectivity index (χ0) is 16.3. The Morgan fingerprint density at radius 1 is 1.41 bits per heavy atom. The highest BCUT2D eigenvalue weighted by Gasteiger charge is 2.36. The van der Waals surface area contributed by atoms with Gasteiger partial charge in [0.2, 0.25) is 0 Å². The van der Waals surface area contributed by atoms with Crippen LogP contribution in [0.5, 0.6) is 0 Å². The number of benzene rings is 1. The van der Waals surface area contributed by atoms with E-state index in [4.69, 9.17) is 0 Å². The first-order chi connectivity index (χ1) is 10.3. The molecule has 1 aliphatic rings. The van der Waals surface area contributed by atoms with E-state index in [2.05, 4.69) is 10.1 Å². The summed E-state index contributed by atoms with van der Waals surface area (Å²) in [5.74, 6) is 0.364. The molecule has 0 bridgehead atoms. The number of amides is 1. The van der Waals surface area contributed by atoms with Crippen molar-refractivity contribution < 1.29 is 22.7 Å². The standard InChI is InChI=1S/C15H19F3N2O2/c1-10-4-3-7-20(9-10)13-6-5-11(19-14(21)22-2)8-12(13)15(16,17)18/h5-6,8,10H,3-4,7,9H2,1-2H3,(H,19,21). The highest BCUT2D eigenvalue weighted by atomic mass is 19.4. The second kappa shape index (κ2) is 6.46. The van der Waals surface area contributed by atoms with Crippen molar-refractivity contribution in [1.29, 1.82) is 0 Å². The van der Waals surface area contributed by atoms with Gasteiger partial charge in [-0.25, -0.2) is 4.79 Å². The van der Waals surface area contributed by atoms with Crippen molar-refractivity contribution in [1.82, 2.24) is 0 Å². The molecule has 1 aromatic rings. The molecule has 0 aliphatic carbocycles. The van der Waals surface area contributed by atoms with E-state index in [0.29, 0.717) is 19.0 Å². The van der Waals surface area contributed by atoms with E-state index in [1.807, 2.05) is 6.92 Å². The van der Waals surface area contributed by atoms with E-state index in [1.165, 1.54) is 12.1 Å². The predicted octanol–water partition coefficient (Wildman–Crippen LogP) is 4.12. The molecule has 1 fully saturated rings. The highest BCUT2D eigenvalue weighted by Crippen LogP contribution is 2.39. The predicted molar refractivity (Wildman–Crippen MR) is 78.1 cm³/mol. The summed E-state index contributed by atoms with van der Waals surface area (Å²) in [6.45, 7) is 3.25. The molecule has 0 spiro atoms. The molecule has 1 N–H and O–H groups in total. The number of rotatable bonds is 2. The minimum absolute atomic E-state index is 0.0629. The summed E-state index contributed by atoms with van der Waals surface area (Å²) in [6, 6.07) is 3.82. The van der Waals surface area contributed by atoms with E-state index >= 15 is 0 Å². The number of anilines is 2. The molecule has 1 aromatic carbocycles. The minimum atomic E-state index is -4.48. The number of nitrogens with one attached hydrogen (secondary N) is 1. The SMILES string of the molecule is COC(=O)Nc1ccc(N2CCCC(C)C2)c(C(F)(F)F)c1. The first-order valence-corrected chi connectivity index (χ1v) is 7.12. The second-order valence-electron chi connectivity index (χ2n) is 5.54. The van der Waals surface area contributed by atoms with Crippen LogP contribution in [0.1, 0.15) is 25.3 Å². The summed E-state index contributed by atoms with van der Waals surface area (Å²) < 4.78 is 44.4. The summed E-state index contributed by atoms with van der Waals surface area (Å²) in [6.07, 6.45) is -3.38. The van der Waals surface area contributed by atoms with E-state index < -0.39 is 17.8 Å². The van der Waals surface area contributed by atoms with Gasteiger partial charge in [0.1, 0.15) is 0 Å². The van der Waals surface area contributed by atoms with Crippen LogP contribution < -0.4 is 10.2 Å². The van der Waals surface area contributed by atoms with Crippen molar-refractivity contribution in [2.75, 3.05) is 30.4 Å². The molecule has 1 amide bonds. The lowest BCUT2D eigenvalue weighted by molar-refractivity contribution is -0.137. The Labute approximate surface area is 127 Å². The number of halogens is 3. The Balaban J connectivity index is 2.34. The number of hydrogen-bond acceptors (Lipinski definition) is 3. The second-order valence-corrected chi connectivity index (χ2v) is 5.54. The molecule has 1 atom stereocenters. The lowest BCUT2D eigenvalue weighted by Crippen LogP contribution is -2.35. The lowest BCUT2D eigenvalue weighted by Gasteiger charge is -2.34. The van der Waals surface area contributed by atoms with Gasteiger partial charge in [0, 0.05) is 24.5 Å². The molecule has 1 aliphatic heterocycles. The Hall–Kier alpha value is -1.92. The smallest absolute Gasteiger partial charge is 0.418 e. The van der Waals surface area contributed by atoms with Gasteiger partial charge in [-0.05, 0) is 37.0 Å². The molecular formula is C15H19F3N2O2. The molecule has 1 unspecified atom stereocenters. The van der Waals surface area contributed by atoms with Crippen LogP contribution in [0.2, 0.25) is 0 Å². The maximum Gasteiger partial charge on any atom is 0.418 e. The van der Waals surface area contributed by atoms with E-state index in [9.17, 15) is 18.0 Å². The molecular weight excluding hydrogens is 297 g/mol. The van der Waals surface area contributed by atoms with Crippen LogP contribution in [0, 0.1) is 5.92 Å². The molecule has 2 rings (SSSR count). The Morgan fingerprint density at radius 2 is 2.14 bits per heavy atom. The maximum absolute atomic E-state index is 13.3. The Bertz CT molecular complexity index is 546. The summed E-state index contributed by atoms with van der Waals surface area (Å²) >= 11 is 0. The molecule has 0 radical (unpaired) electrons. The number of methoxy groups -OCH3 is 1. The average Bonchev–Trinajstić information content (AvgIpc) is 2.46. The molecule has 1 heterocycles. The van der Waals surface area contributed by atoms with Gasteiger partial charge in [-0.2, -0.15) is 13.2 Å². The molecule has 1 saturated heterocycles. The Kier molecular flexibility index (Phi) is 4.83. The van der Waals surface area contributed by atoms with Crippen molar-refractivity contribution in [3.63, 3.8) is 0 Å². The van der Waals surface area contributed by atoms with Gasteiger partial charge >= 0.3 is 12.3 Å². The Morgan fingerprint density at radius 3 is 2.73 bits per heavy atom. The van der Waals surface area contributed by atoms with Crippen molar-refractivity contribution in [2.45, 2.75) is 25.9 Å².